The van der Waals surface area contributed by atoms with Gasteiger partial charge in [0.25, 0.3) is 5.91 Å². The number of carbonyl (C=O) groups is 1. The first-order chi connectivity index (χ1) is 11.1. The Morgan fingerprint density at radius 3 is 2.83 bits per heavy atom. The lowest BCUT2D eigenvalue weighted by Crippen LogP contribution is -2.38. The number of para-hydroxylation sites is 1. The van der Waals surface area contributed by atoms with Gasteiger partial charge in [0, 0.05) is 23.6 Å². The highest BCUT2D eigenvalue weighted by Crippen LogP contribution is 2.28. The molecule has 1 atom stereocenters. The predicted octanol–water partition coefficient (Wildman–Crippen LogP) is 3.52. The van der Waals surface area contributed by atoms with Crippen molar-refractivity contribution in [1.82, 2.24) is 5.32 Å². The van der Waals surface area contributed by atoms with Crippen LogP contribution >= 0.6 is 11.8 Å². The van der Waals surface area contributed by atoms with Crippen LogP contribution in [-0.4, -0.2) is 24.3 Å². The number of nitrogens with one attached hydrogen (secondary N) is 1. The van der Waals surface area contributed by atoms with Gasteiger partial charge in [0.15, 0.2) is 6.10 Å². The molecule has 0 aliphatic carbocycles. The summed E-state index contributed by atoms with van der Waals surface area (Å²) in [6, 6.07) is 14.3. The van der Waals surface area contributed by atoms with Gasteiger partial charge in [0.1, 0.15) is 5.75 Å². The zero-order valence-electron chi connectivity index (χ0n) is 13.5. The molecule has 1 amide bonds. The molecule has 0 radical (unpaired) electrons. The van der Waals surface area contributed by atoms with Crippen LogP contribution in [0.4, 0.5) is 0 Å². The highest BCUT2D eigenvalue weighted by atomic mass is 32.2. The second-order valence-electron chi connectivity index (χ2n) is 5.80. The maximum absolute atomic E-state index is 12.2. The van der Waals surface area contributed by atoms with Gasteiger partial charge in [-0.1, -0.05) is 24.3 Å². The summed E-state index contributed by atoms with van der Waals surface area (Å²) in [5.41, 5.74) is 3.72. The fourth-order valence-corrected chi connectivity index (χ4v) is 3.45. The van der Waals surface area contributed by atoms with Gasteiger partial charge in [-0.15, -0.1) is 11.8 Å². The first-order valence-corrected chi connectivity index (χ1v) is 8.84. The number of hydrogen-bond acceptors (Lipinski definition) is 3. The molecule has 2 aromatic carbocycles. The third kappa shape index (κ3) is 3.88. The van der Waals surface area contributed by atoms with Gasteiger partial charge in [-0.25, -0.2) is 0 Å². The van der Waals surface area contributed by atoms with Crippen LogP contribution in [0.5, 0.6) is 5.75 Å². The van der Waals surface area contributed by atoms with E-state index in [4.69, 9.17) is 4.74 Å². The fourth-order valence-electron chi connectivity index (χ4n) is 2.59. The molecule has 0 unspecified atom stereocenters. The average molecular weight is 327 g/mol. The summed E-state index contributed by atoms with van der Waals surface area (Å²) in [7, 11) is 0. The molecule has 0 fully saturated rings. The molecule has 1 aliphatic rings. The summed E-state index contributed by atoms with van der Waals surface area (Å²) in [5, 5.41) is 2.97. The highest BCUT2D eigenvalue weighted by molar-refractivity contribution is 7.99. The van der Waals surface area contributed by atoms with Crippen molar-refractivity contribution in [2.75, 3.05) is 12.3 Å². The minimum atomic E-state index is -0.390. The molecule has 2 aromatic rings. The maximum Gasteiger partial charge on any atom is 0.261 e. The number of hydrogen-bond donors (Lipinski definition) is 1. The normalized spacial score (nSPS) is 15.8. The zero-order valence-corrected chi connectivity index (χ0v) is 14.3. The standard InChI is InChI=1S/C19H21NO2S/c1-13-7-8-16(11-14(13)2)23-10-9-20-19(21)18-12-15-5-3-4-6-17(15)22-18/h3-8,11,18H,9-10,12H2,1-2H3,(H,20,21)/t18-/m1/s1. The Morgan fingerprint density at radius 2 is 2.04 bits per heavy atom. The quantitative estimate of drug-likeness (QED) is 0.674. The van der Waals surface area contributed by atoms with E-state index in [0.717, 1.165) is 17.1 Å². The molecule has 1 aliphatic heterocycles. The second kappa shape index (κ2) is 7.09. The number of ether oxygens (including phenoxy) is 1. The van der Waals surface area contributed by atoms with E-state index in [1.165, 1.54) is 16.0 Å². The lowest BCUT2D eigenvalue weighted by molar-refractivity contribution is -0.127. The van der Waals surface area contributed by atoms with Crippen LogP contribution in [0.15, 0.2) is 47.4 Å². The molecule has 0 saturated carbocycles. The van der Waals surface area contributed by atoms with Gasteiger partial charge in [-0.05, 0) is 48.7 Å². The van der Waals surface area contributed by atoms with Gasteiger partial charge in [-0.3, -0.25) is 4.79 Å². The summed E-state index contributed by atoms with van der Waals surface area (Å²) in [6.07, 6.45) is 0.269. The molecule has 23 heavy (non-hydrogen) atoms. The largest absolute Gasteiger partial charge is 0.480 e. The van der Waals surface area contributed by atoms with E-state index in [1.54, 1.807) is 11.8 Å². The monoisotopic (exact) mass is 327 g/mol. The van der Waals surface area contributed by atoms with E-state index in [2.05, 4.69) is 37.4 Å². The van der Waals surface area contributed by atoms with E-state index < -0.39 is 0 Å². The Bertz CT molecular complexity index is 689. The molecule has 0 spiro atoms. The van der Waals surface area contributed by atoms with Crippen molar-refractivity contribution in [2.24, 2.45) is 0 Å². The highest BCUT2D eigenvalue weighted by Gasteiger charge is 2.28. The van der Waals surface area contributed by atoms with Crippen molar-refractivity contribution < 1.29 is 9.53 Å². The van der Waals surface area contributed by atoms with E-state index >= 15 is 0 Å². The SMILES string of the molecule is Cc1ccc(SCCNC(=O)[C@H]2Cc3ccccc3O2)cc1C. The number of amides is 1. The Labute approximate surface area is 141 Å². The van der Waals surface area contributed by atoms with Crippen LogP contribution in [0.2, 0.25) is 0 Å². The van der Waals surface area contributed by atoms with Crippen molar-refractivity contribution in [3.05, 3.63) is 59.2 Å². The van der Waals surface area contributed by atoms with Crippen LogP contribution in [0.1, 0.15) is 16.7 Å². The Morgan fingerprint density at radius 1 is 1.22 bits per heavy atom. The first kappa shape index (κ1) is 15.9. The lowest BCUT2D eigenvalue weighted by atomic mass is 10.1. The average Bonchev–Trinajstić information content (AvgIpc) is 2.99. The molecule has 0 saturated heterocycles. The van der Waals surface area contributed by atoms with E-state index in [0.29, 0.717) is 13.0 Å². The molecule has 3 nitrogen and oxygen atoms in total. The van der Waals surface area contributed by atoms with Gasteiger partial charge in [0.2, 0.25) is 0 Å². The summed E-state index contributed by atoms with van der Waals surface area (Å²) in [6.45, 7) is 4.88. The number of rotatable bonds is 5. The fraction of sp³-hybridized carbons (Fsp3) is 0.316. The van der Waals surface area contributed by atoms with Gasteiger partial charge >= 0.3 is 0 Å². The van der Waals surface area contributed by atoms with Crippen molar-refractivity contribution in [2.45, 2.75) is 31.3 Å². The van der Waals surface area contributed by atoms with Crippen LogP contribution in [-0.2, 0) is 11.2 Å². The molecular formula is C19H21NO2S. The van der Waals surface area contributed by atoms with Gasteiger partial charge in [-0.2, -0.15) is 0 Å². The minimum absolute atomic E-state index is 0.0260. The summed E-state index contributed by atoms with van der Waals surface area (Å²) in [5.74, 6) is 1.66. The molecule has 120 valence electrons. The number of benzene rings is 2. The predicted molar refractivity (Wildman–Crippen MR) is 94.2 cm³/mol. The zero-order chi connectivity index (χ0) is 16.2. The molecule has 0 aromatic heterocycles. The summed E-state index contributed by atoms with van der Waals surface area (Å²) >= 11 is 1.76. The number of fused-ring (bicyclic) bond motifs is 1. The summed E-state index contributed by atoms with van der Waals surface area (Å²) in [4.78, 5) is 13.4. The van der Waals surface area contributed by atoms with Gasteiger partial charge in [0.05, 0.1) is 0 Å². The smallest absolute Gasteiger partial charge is 0.261 e. The Balaban J connectivity index is 1.43. The first-order valence-electron chi connectivity index (χ1n) is 7.86. The van der Waals surface area contributed by atoms with Crippen LogP contribution in [0.25, 0.3) is 0 Å². The molecule has 1 N–H and O–H groups in total. The number of aryl methyl sites for hydroxylation is 2. The van der Waals surface area contributed by atoms with Crippen molar-refractivity contribution in [1.29, 1.82) is 0 Å². The summed E-state index contributed by atoms with van der Waals surface area (Å²) < 4.78 is 5.69. The Kier molecular flexibility index (Phi) is 4.91. The number of carbonyl (C=O) groups excluding carboxylic acids is 1. The molecule has 4 heteroatoms. The lowest BCUT2D eigenvalue weighted by Gasteiger charge is -2.11. The van der Waals surface area contributed by atoms with Gasteiger partial charge < -0.3 is 10.1 Å². The Hall–Kier alpha value is -1.94. The van der Waals surface area contributed by atoms with Crippen molar-refractivity contribution in [3.63, 3.8) is 0 Å². The van der Waals surface area contributed by atoms with E-state index in [-0.39, 0.29) is 12.0 Å². The maximum atomic E-state index is 12.2. The van der Waals surface area contributed by atoms with Crippen LogP contribution < -0.4 is 10.1 Å². The number of thioether (sulfide) groups is 1. The third-order valence-electron chi connectivity index (χ3n) is 4.09. The van der Waals surface area contributed by atoms with E-state index in [9.17, 15) is 4.79 Å². The molecular weight excluding hydrogens is 306 g/mol. The van der Waals surface area contributed by atoms with Crippen molar-refractivity contribution >= 4 is 17.7 Å². The third-order valence-corrected chi connectivity index (χ3v) is 5.08. The topological polar surface area (TPSA) is 38.3 Å². The van der Waals surface area contributed by atoms with E-state index in [1.807, 2.05) is 24.3 Å². The molecule has 0 bridgehead atoms. The minimum Gasteiger partial charge on any atom is -0.480 e. The second-order valence-corrected chi connectivity index (χ2v) is 6.97. The van der Waals surface area contributed by atoms with Crippen LogP contribution in [0, 0.1) is 13.8 Å². The molecule has 1 heterocycles. The van der Waals surface area contributed by atoms with Crippen molar-refractivity contribution in [3.8, 4) is 5.75 Å². The van der Waals surface area contributed by atoms with Crippen LogP contribution in [0.3, 0.4) is 0 Å². The molecule has 3 rings (SSSR count).